The molecule has 0 radical (unpaired) electrons. The molecule has 1 saturated heterocycles. The molecule has 2 aromatic carbocycles. The first-order chi connectivity index (χ1) is 17.2. The summed E-state index contributed by atoms with van der Waals surface area (Å²) in [5, 5.41) is 2.58. The van der Waals surface area contributed by atoms with Crippen LogP contribution >= 0.6 is 0 Å². The molecular weight excluding hydrogens is 483 g/mol. The summed E-state index contributed by atoms with van der Waals surface area (Å²) in [7, 11) is -3.61. The van der Waals surface area contributed by atoms with Gasteiger partial charge in [-0.1, -0.05) is 29.8 Å². The average molecular weight is 517 g/mol. The highest BCUT2D eigenvalue weighted by Gasteiger charge is 2.38. The molecule has 7 nitrogen and oxygen atoms in total. The highest BCUT2D eigenvalue weighted by atomic mass is 32.2. The maximum Gasteiger partial charge on any atom is 0.251 e. The van der Waals surface area contributed by atoms with Gasteiger partial charge in [-0.3, -0.25) is 9.59 Å². The van der Waals surface area contributed by atoms with Crippen molar-refractivity contribution in [1.29, 1.82) is 0 Å². The van der Waals surface area contributed by atoms with E-state index >= 15 is 0 Å². The number of hydrogen-bond acceptors (Lipinski definition) is 5. The van der Waals surface area contributed by atoms with Crippen LogP contribution in [0.15, 0.2) is 48.5 Å². The third-order valence-corrected chi connectivity index (χ3v) is 8.66. The van der Waals surface area contributed by atoms with Crippen molar-refractivity contribution in [3.8, 4) is 0 Å². The lowest BCUT2D eigenvalue weighted by atomic mass is 10.1. The summed E-state index contributed by atoms with van der Waals surface area (Å²) in [6.45, 7) is 3.45. The molecule has 2 aliphatic rings. The number of carbonyl (C=O) groups is 2. The number of nitrogens with zero attached hydrogens (tertiary/aromatic N) is 1. The standard InChI is InChI=1S/C27H33FN2O5S/c1-19-4-6-20(7-5-19)24-17-22(24)3-2-16-36(33,34)18-25(27(32)30-12-14-35-15-13-30)29-26(31)21-8-10-23(28)11-9-21/h4-11,22,24-25H,2-3,12-18H2,1H3,(H,29,31)/t22-,24+,25+/m1/s1. The van der Waals surface area contributed by atoms with E-state index < -0.39 is 39.3 Å². The molecule has 1 aliphatic carbocycles. The predicted molar refractivity (Wildman–Crippen MR) is 135 cm³/mol. The van der Waals surface area contributed by atoms with Gasteiger partial charge in [-0.2, -0.15) is 0 Å². The van der Waals surface area contributed by atoms with Crippen LogP contribution in [0.4, 0.5) is 4.39 Å². The molecule has 0 aromatic heterocycles. The number of rotatable bonds is 10. The van der Waals surface area contributed by atoms with Crippen molar-refractivity contribution in [1.82, 2.24) is 10.2 Å². The number of amides is 2. The largest absolute Gasteiger partial charge is 0.378 e. The van der Waals surface area contributed by atoms with Gasteiger partial charge >= 0.3 is 0 Å². The van der Waals surface area contributed by atoms with Crippen LogP contribution in [0.25, 0.3) is 0 Å². The molecule has 4 rings (SSSR count). The monoisotopic (exact) mass is 516 g/mol. The van der Waals surface area contributed by atoms with Crippen LogP contribution in [0.5, 0.6) is 0 Å². The zero-order chi connectivity index (χ0) is 25.7. The second-order valence-corrected chi connectivity index (χ2v) is 12.0. The number of benzene rings is 2. The first-order valence-corrected chi connectivity index (χ1v) is 14.2. The molecule has 9 heteroatoms. The van der Waals surface area contributed by atoms with Crippen LogP contribution in [-0.4, -0.2) is 69.0 Å². The number of ether oxygens (including phenoxy) is 1. The molecule has 2 aromatic rings. The Morgan fingerprint density at radius 3 is 2.42 bits per heavy atom. The Morgan fingerprint density at radius 1 is 1.08 bits per heavy atom. The predicted octanol–water partition coefficient (Wildman–Crippen LogP) is 3.09. The fraction of sp³-hybridized carbons (Fsp3) is 0.481. The summed E-state index contributed by atoms with van der Waals surface area (Å²) in [5.41, 5.74) is 2.67. The summed E-state index contributed by atoms with van der Waals surface area (Å²) in [4.78, 5) is 27.4. The van der Waals surface area contributed by atoms with Crippen molar-refractivity contribution in [2.45, 2.75) is 38.1 Å². The second kappa shape index (κ2) is 11.5. The lowest BCUT2D eigenvalue weighted by Gasteiger charge is -2.30. The van der Waals surface area contributed by atoms with E-state index in [0.29, 0.717) is 44.6 Å². The van der Waals surface area contributed by atoms with E-state index in [1.165, 1.54) is 28.2 Å². The molecule has 2 amide bonds. The van der Waals surface area contributed by atoms with E-state index in [-0.39, 0.29) is 11.3 Å². The van der Waals surface area contributed by atoms with E-state index in [1.807, 2.05) is 0 Å². The number of carbonyl (C=O) groups excluding carboxylic acids is 2. The Labute approximate surface area is 211 Å². The van der Waals surface area contributed by atoms with Gasteiger partial charge in [-0.25, -0.2) is 12.8 Å². The highest BCUT2D eigenvalue weighted by Crippen LogP contribution is 2.50. The van der Waals surface area contributed by atoms with Gasteiger partial charge in [0.2, 0.25) is 5.91 Å². The quantitative estimate of drug-likeness (QED) is 0.524. The molecule has 36 heavy (non-hydrogen) atoms. The van der Waals surface area contributed by atoms with Gasteiger partial charge in [-0.05, 0) is 67.9 Å². The van der Waals surface area contributed by atoms with Crippen LogP contribution in [0.3, 0.4) is 0 Å². The molecule has 1 saturated carbocycles. The maximum atomic E-state index is 13.2. The summed E-state index contributed by atoms with van der Waals surface area (Å²) in [6.07, 6.45) is 2.39. The normalized spacial score (nSPS) is 20.6. The van der Waals surface area contributed by atoms with Gasteiger partial charge in [-0.15, -0.1) is 0 Å². The summed E-state index contributed by atoms with van der Waals surface area (Å²) >= 11 is 0. The molecule has 0 unspecified atom stereocenters. The molecule has 0 bridgehead atoms. The van der Waals surface area contributed by atoms with Gasteiger partial charge in [0.15, 0.2) is 9.84 Å². The zero-order valence-corrected chi connectivity index (χ0v) is 21.3. The van der Waals surface area contributed by atoms with Crippen LogP contribution in [0, 0.1) is 18.7 Å². The lowest BCUT2D eigenvalue weighted by molar-refractivity contribution is -0.136. The zero-order valence-electron chi connectivity index (χ0n) is 20.5. The molecule has 1 heterocycles. The van der Waals surface area contributed by atoms with Gasteiger partial charge in [0.1, 0.15) is 11.9 Å². The Kier molecular flexibility index (Phi) is 8.41. The number of halogens is 1. The van der Waals surface area contributed by atoms with Crippen LogP contribution in [-0.2, 0) is 19.4 Å². The minimum Gasteiger partial charge on any atom is -0.378 e. The van der Waals surface area contributed by atoms with Crippen LogP contribution in [0.2, 0.25) is 0 Å². The van der Waals surface area contributed by atoms with Crippen molar-refractivity contribution >= 4 is 21.7 Å². The van der Waals surface area contributed by atoms with Crippen molar-refractivity contribution in [3.05, 3.63) is 71.0 Å². The minimum absolute atomic E-state index is 0.0383. The fourth-order valence-electron chi connectivity index (χ4n) is 4.71. The highest BCUT2D eigenvalue weighted by molar-refractivity contribution is 7.91. The average Bonchev–Trinajstić information content (AvgIpc) is 3.63. The summed E-state index contributed by atoms with van der Waals surface area (Å²) in [6, 6.07) is 12.2. The summed E-state index contributed by atoms with van der Waals surface area (Å²) < 4.78 is 44.5. The van der Waals surface area contributed by atoms with E-state index in [0.717, 1.165) is 25.0 Å². The SMILES string of the molecule is Cc1ccc([C@@H]2C[C@H]2CCCS(=O)(=O)C[C@H](NC(=O)c2ccc(F)cc2)C(=O)N2CCOCC2)cc1. The molecule has 1 aliphatic heterocycles. The molecule has 1 N–H and O–H groups in total. The smallest absolute Gasteiger partial charge is 0.251 e. The molecule has 194 valence electrons. The molecular formula is C27H33FN2O5S. The van der Waals surface area contributed by atoms with Crippen molar-refractivity contribution in [3.63, 3.8) is 0 Å². The molecule has 2 fully saturated rings. The van der Waals surface area contributed by atoms with Gasteiger partial charge in [0, 0.05) is 18.7 Å². The van der Waals surface area contributed by atoms with Gasteiger partial charge < -0.3 is 15.0 Å². The van der Waals surface area contributed by atoms with Crippen LogP contribution in [0.1, 0.15) is 46.7 Å². The topological polar surface area (TPSA) is 92.8 Å². The first kappa shape index (κ1) is 26.3. The molecule has 3 atom stereocenters. The summed E-state index contributed by atoms with van der Waals surface area (Å²) in [5.74, 6) is -1.10. The Morgan fingerprint density at radius 2 is 1.75 bits per heavy atom. The van der Waals surface area contributed by atoms with Gasteiger partial charge in [0.25, 0.3) is 5.91 Å². The van der Waals surface area contributed by atoms with E-state index in [2.05, 4.69) is 36.5 Å². The second-order valence-electron chi connectivity index (χ2n) is 9.74. The fourth-order valence-corrected chi connectivity index (χ4v) is 6.22. The van der Waals surface area contributed by atoms with E-state index in [9.17, 15) is 22.4 Å². The lowest BCUT2D eigenvalue weighted by Crippen LogP contribution is -2.54. The van der Waals surface area contributed by atoms with Crippen LogP contribution < -0.4 is 5.32 Å². The Balaban J connectivity index is 1.35. The number of hydrogen-bond donors (Lipinski definition) is 1. The number of morpholine rings is 1. The molecule has 0 spiro atoms. The minimum atomic E-state index is -3.61. The number of aryl methyl sites for hydroxylation is 1. The Bertz CT molecular complexity index is 1160. The van der Waals surface area contributed by atoms with E-state index in [4.69, 9.17) is 4.74 Å². The number of nitrogens with one attached hydrogen (secondary N) is 1. The Hall–Kier alpha value is -2.78. The maximum absolute atomic E-state index is 13.2. The van der Waals surface area contributed by atoms with E-state index in [1.54, 1.807) is 0 Å². The van der Waals surface area contributed by atoms with Crippen molar-refractivity contribution in [2.75, 3.05) is 37.8 Å². The first-order valence-electron chi connectivity index (χ1n) is 12.4. The van der Waals surface area contributed by atoms with Crippen molar-refractivity contribution in [2.24, 2.45) is 5.92 Å². The third kappa shape index (κ3) is 7.13. The van der Waals surface area contributed by atoms with Crippen molar-refractivity contribution < 1.29 is 27.1 Å². The third-order valence-electron chi connectivity index (χ3n) is 6.91. The van der Waals surface area contributed by atoms with Gasteiger partial charge in [0.05, 0.1) is 24.7 Å². The number of sulfone groups is 1.